The van der Waals surface area contributed by atoms with Crippen LogP contribution in [0, 0.1) is 6.92 Å². The molecule has 0 atom stereocenters. The smallest absolute Gasteiger partial charge is 0.254 e. The molecular weight excluding hydrogens is 244 g/mol. The number of amides is 1. The Bertz CT molecular complexity index is 371. The molecule has 1 N–H and O–H groups in total. The van der Waals surface area contributed by atoms with Gasteiger partial charge in [0.1, 0.15) is 0 Å². The summed E-state index contributed by atoms with van der Waals surface area (Å²) >= 11 is 7.72. The Morgan fingerprint density at radius 2 is 2.38 bits per heavy atom. The van der Waals surface area contributed by atoms with E-state index < -0.39 is 0 Å². The second-order valence-electron chi connectivity index (χ2n) is 3.41. The van der Waals surface area contributed by atoms with Crippen LogP contribution >= 0.6 is 23.4 Å². The van der Waals surface area contributed by atoms with E-state index in [1.807, 2.05) is 13.2 Å². The van der Waals surface area contributed by atoms with Crippen LogP contribution in [0.25, 0.3) is 0 Å². The van der Waals surface area contributed by atoms with E-state index in [2.05, 4.69) is 10.3 Å². The standard InChI is InChI=1S/C11H15ClN2OS/c1-8-6-10(12)9(7-14-8)11(15)13-4-3-5-16-2/h6-7H,3-5H2,1-2H3,(H,13,15). The average molecular weight is 259 g/mol. The quantitative estimate of drug-likeness (QED) is 0.826. The summed E-state index contributed by atoms with van der Waals surface area (Å²) in [7, 11) is 0. The highest BCUT2D eigenvalue weighted by Gasteiger charge is 2.09. The summed E-state index contributed by atoms with van der Waals surface area (Å²) in [6.45, 7) is 2.51. The minimum Gasteiger partial charge on any atom is -0.352 e. The van der Waals surface area contributed by atoms with Crippen LogP contribution < -0.4 is 5.32 Å². The number of hydrogen-bond donors (Lipinski definition) is 1. The van der Waals surface area contributed by atoms with E-state index in [0.29, 0.717) is 17.1 Å². The summed E-state index contributed by atoms with van der Waals surface area (Å²) in [4.78, 5) is 15.8. The Morgan fingerprint density at radius 1 is 1.62 bits per heavy atom. The fraction of sp³-hybridized carbons (Fsp3) is 0.455. The van der Waals surface area contributed by atoms with Crippen molar-refractivity contribution in [1.82, 2.24) is 10.3 Å². The number of hydrogen-bond acceptors (Lipinski definition) is 3. The van der Waals surface area contributed by atoms with E-state index in [-0.39, 0.29) is 5.91 Å². The Kier molecular flexibility index (Phi) is 5.63. The van der Waals surface area contributed by atoms with Crippen LogP contribution in [0.4, 0.5) is 0 Å². The molecule has 0 fully saturated rings. The third kappa shape index (κ3) is 4.02. The van der Waals surface area contributed by atoms with Crippen molar-refractivity contribution < 1.29 is 4.79 Å². The van der Waals surface area contributed by atoms with Crippen molar-refractivity contribution in [3.63, 3.8) is 0 Å². The predicted octanol–water partition coefficient (Wildman–Crippen LogP) is 2.53. The predicted molar refractivity (Wildman–Crippen MR) is 69.3 cm³/mol. The Balaban J connectivity index is 2.53. The van der Waals surface area contributed by atoms with E-state index in [0.717, 1.165) is 17.9 Å². The van der Waals surface area contributed by atoms with Crippen molar-refractivity contribution in [2.24, 2.45) is 0 Å². The molecular formula is C11H15ClN2OS. The van der Waals surface area contributed by atoms with Gasteiger partial charge in [-0.15, -0.1) is 0 Å². The summed E-state index contributed by atoms with van der Waals surface area (Å²) < 4.78 is 0. The van der Waals surface area contributed by atoms with Gasteiger partial charge in [0, 0.05) is 18.4 Å². The first kappa shape index (κ1) is 13.3. The Labute approximate surface area is 105 Å². The Morgan fingerprint density at radius 3 is 3.00 bits per heavy atom. The molecule has 0 aliphatic rings. The molecule has 0 aliphatic carbocycles. The average Bonchev–Trinajstić information content (AvgIpc) is 2.24. The molecule has 88 valence electrons. The molecule has 1 rings (SSSR count). The molecule has 0 bridgehead atoms. The highest BCUT2D eigenvalue weighted by molar-refractivity contribution is 7.98. The third-order valence-electron chi connectivity index (χ3n) is 2.05. The van der Waals surface area contributed by atoms with Crippen molar-refractivity contribution in [1.29, 1.82) is 0 Å². The molecule has 0 radical (unpaired) electrons. The molecule has 5 heteroatoms. The number of thioether (sulfide) groups is 1. The van der Waals surface area contributed by atoms with Gasteiger partial charge in [-0.2, -0.15) is 11.8 Å². The molecule has 1 amide bonds. The van der Waals surface area contributed by atoms with Gasteiger partial charge in [-0.05, 0) is 31.4 Å². The van der Waals surface area contributed by atoms with Crippen molar-refractivity contribution in [3.05, 3.63) is 28.5 Å². The van der Waals surface area contributed by atoms with Crippen LogP contribution in [0.5, 0.6) is 0 Å². The third-order valence-corrected chi connectivity index (χ3v) is 3.06. The van der Waals surface area contributed by atoms with Crippen molar-refractivity contribution in [2.45, 2.75) is 13.3 Å². The second-order valence-corrected chi connectivity index (χ2v) is 4.80. The molecule has 1 aromatic heterocycles. The number of pyridine rings is 1. The minimum absolute atomic E-state index is 0.154. The molecule has 0 unspecified atom stereocenters. The lowest BCUT2D eigenvalue weighted by molar-refractivity contribution is 0.0953. The first-order valence-corrected chi connectivity index (χ1v) is 6.81. The van der Waals surface area contributed by atoms with Crippen molar-refractivity contribution >= 4 is 29.3 Å². The maximum atomic E-state index is 11.7. The van der Waals surface area contributed by atoms with Gasteiger partial charge < -0.3 is 5.32 Å². The maximum Gasteiger partial charge on any atom is 0.254 e. The fourth-order valence-corrected chi connectivity index (χ4v) is 1.93. The van der Waals surface area contributed by atoms with Crippen LogP contribution in [0.3, 0.4) is 0 Å². The fourth-order valence-electron chi connectivity index (χ4n) is 1.21. The summed E-state index contributed by atoms with van der Waals surface area (Å²) in [6, 6.07) is 1.69. The molecule has 0 aliphatic heterocycles. The van der Waals surface area contributed by atoms with Gasteiger partial charge in [0.2, 0.25) is 0 Å². The monoisotopic (exact) mass is 258 g/mol. The zero-order valence-corrected chi connectivity index (χ0v) is 11.0. The zero-order chi connectivity index (χ0) is 12.0. The highest BCUT2D eigenvalue weighted by Crippen LogP contribution is 2.15. The largest absolute Gasteiger partial charge is 0.352 e. The number of aryl methyl sites for hydroxylation is 1. The van der Waals surface area contributed by atoms with Crippen molar-refractivity contribution in [2.75, 3.05) is 18.6 Å². The van der Waals surface area contributed by atoms with E-state index in [9.17, 15) is 4.79 Å². The summed E-state index contributed by atoms with van der Waals surface area (Å²) in [5.74, 6) is 0.888. The number of nitrogens with zero attached hydrogens (tertiary/aromatic N) is 1. The lowest BCUT2D eigenvalue weighted by atomic mass is 10.2. The molecule has 1 aromatic rings. The number of carbonyl (C=O) groups is 1. The van der Waals surface area contributed by atoms with Gasteiger partial charge in [-0.25, -0.2) is 0 Å². The van der Waals surface area contributed by atoms with E-state index in [1.54, 1.807) is 17.8 Å². The second kappa shape index (κ2) is 6.76. The van der Waals surface area contributed by atoms with Gasteiger partial charge in [-0.3, -0.25) is 9.78 Å². The summed E-state index contributed by atoms with van der Waals surface area (Å²) in [5, 5.41) is 3.27. The molecule has 16 heavy (non-hydrogen) atoms. The van der Waals surface area contributed by atoms with Gasteiger partial charge in [-0.1, -0.05) is 11.6 Å². The highest BCUT2D eigenvalue weighted by atomic mass is 35.5. The normalized spacial score (nSPS) is 10.2. The van der Waals surface area contributed by atoms with Gasteiger partial charge in [0.25, 0.3) is 5.91 Å². The number of carbonyl (C=O) groups excluding carboxylic acids is 1. The zero-order valence-electron chi connectivity index (χ0n) is 9.42. The molecule has 3 nitrogen and oxygen atoms in total. The molecule has 1 heterocycles. The van der Waals surface area contributed by atoms with Crippen molar-refractivity contribution in [3.8, 4) is 0 Å². The first-order chi connectivity index (χ1) is 7.65. The molecule has 0 aromatic carbocycles. The van der Waals surface area contributed by atoms with Gasteiger partial charge in [0.15, 0.2) is 0 Å². The summed E-state index contributed by atoms with van der Waals surface area (Å²) in [5.41, 5.74) is 1.25. The lowest BCUT2D eigenvalue weighted by Gasteiger charge is -2.06. The number of nitrogens with one attached hydrogen (secondary N) is 1. The topological polar surface area (TPSA) is 42.0 Å². The van der Waals surface area contributed by atoms with Crippen LogP contribution in [0.2, 0.25) is 5.02 Å². The van der Waals surface area contributed by atoms with Crippen LogP contribution in [-0.2, 0) is 0 Å². The Hall–Kier alpha value is -0.740. The van der Waals surface area contributed by atoms with E-state index in [1.165, 1.54) is 6.20 Å². The molecule has 0 spiro atoms. The molecule has 0 saturated carbocycles. The maximum absolute atomic E-state index is 11.7. The molecule has 0 saturated heterocycles. The van der Waals surface area contributed by atoms with Crippen LogP contribution in [0.15, 0.2) is 12.3 Å². The van der Waals surface area contributed by atoms with E-state index >= 15 is 0 Å². The number of aromatic nitrogens is 1. The van der Waals surface area contributed by atoms with Crippen LogP contribution in [0.1, 0.15) is 22.5 Å². The first-order valence-electron chi connectivity index (χ1n) is 5.04. The minimum atomic E-state index is -0.154. The number of halogens is 1. The summed E-state index contributed by atoms with van der Waals surface area (Å²) in [6.07, 6.45) is 4.52. The van der Waals surface area contributed by atoms with Crippen LogP contribution in [-0.4, -0.2) is 29.4 Å². The van der Waals surface area contributed by atoms with Gasteiger partial charge >= 0.3 is 0 Å². The van der Waals surface area contributed by atoms with Gasteiger partial charge in [0.05, 0.1) is 10.6 Å². The lowest BCUT2D eigenvalue weighted by Crippen LogP contribution is -2.25. The number of rotatable bonds is 5. The SMILES string of the molecule is CSCCCNC(=O)c1cnc(C)cc1Cl. The van der Waals surface area contributed by atoms with E-state index in [4.69, 9.17) is 11.6 Å².